The number of benzene rings is 1. The monoisotopic (exact) mass is 187 g/mol. The van der Waals surface area contributed by atoms with E-state index in [4.69, 9.17) is 0 Å². The van der Waals surface area contributed by atoms with Gasteiger partial charge in [-0.1, -0.05) is 30.3 Å². The van der Waals surface area contributed by atoms with Crippen molar-refractivity contribution in [2.45, 2.75) is 6.54 Å². The van der Waals surface area contributed by atoms with Gasteiger partial charge in [0.2, 0.25) is 0 Å². The lowest BCUT2D eigenvalue weighted by molar-refractivity contribution is 0.0912. The average Bonchev–Trinajstić information content (AvgIpc) is 2.18. The molecule has 1 aliphatic heterocycles. The fourth-order valence-electron chi connectivity index (χ4n) is 1.83. The maximum Gasteiger partial charge on any atom is 0.177 e. The normalized spacial score (nSPS) is 16.4. The van der Waals surface area contributed by atoms with Gasteiger partial charge in [-0.05, 0) is 5.56 Å². The third-order valence-corrected chi connectivity index (χ3v) is 2.47. The predicted octanol–water partition coefficient (Wildman–Crippen LogP) is 1.87. The fourth-order valence-corrected chi connectivity index (χ4v) is 1.83. The highest BCUT2D eigenvalue weighted by Crippen LogP contribution is 2.17. The summed E-state index contributed by atoms with van der Waals surface area (Å²) in [5.74, 6) is 0.216. The van der Waals surface area contributed by atoms with E-state index in [1.54, 1.807) is 0 Å². The first-order chi connectivity index (χ1) is 6.81. The predicted molar refractivity (Wildman–Crippen MR) is 56.2 cm³/mol. The fraction of sp³-hybridized carbons (Fsp3) is 0.250. The first kappa shape index (κ1) is 9.16. The van der Waals surface area contributed by atoms with Crippen molar-refractivity contribution in [1.29, 1.82) is 0 Å². The molecule has 14 heavy (non-hydrogen) atoms. The minimum Gasteiger partial charge on any atom is -0.293 e. The molecule has 0 saturated carbocycles. The molecule has 1 aromatic rings. The average molecular weight is 187 g/mol. The van der Waals surface area contributed by atoms with E-state index in [-0.39, 0.29) is 5.78 Å². The van der Waals surface area contributed by atoms with Gasteiger partial charge in [-0.15, -0.1) is 6.58 Å². The van der Waals surface area contributed by atoms with E-state index in [1.807, 2.05) is 30.3 Å². The Bertz CT molecular complexity index is 370. The lowest BCUT2D eigenvalue weighted by atomic mass is 9.99. The van der Waals surface area contributed by atoms with Crippen LogP contribution < -0.4 is 0 Å². The number of rotatable bonds is 2. The van der Waals surface area contributed by atoms with Crippen LogP contribution in [-0.2, 0) is 6.54 Å². The van der Waals surface area contributed by atoms with Gasteiger partial charge in [-0.3, -0.25) is 9.69 Å². The van der Waals surface area contributed by atoms with Crippen molar-refractivity contribution in [3.8, 4) is 0 Å². The van der Waals surface area contributed by atoms with Gasteiger partial charge in [0, 0.05) is 18.7 Å². The third-order valence-electron chi connectivity index (χ3n) is 2.47. The molecule has 0 aromatic heterocycles. The summed E-state index contributed by atoms with van der Waals surface area (Å²) in [6.07, 6.45) is 1.83. The number of hydrogen-bond donors (Lipinski definition) is 0. The molecule has 1 aliphatic rings. The molecule has 2 rings (SSSR count). The number of hydrogen-bond acceptors (Lipinski definition) is 2. The molecule has 1 aromatic carbocycles. The second kappa shape index (κ2) is 3.76. The molecule has 0 amide bonds. The van der Waals surface area contributed by atoms with E-state index >= 15 is 0 Å². The maximum atomic E-state index is 11.7. The van der Waals surface area contributed by atoms with Gasteiger partial charge in [0.25, 0.3) is 0 Å². The second-order valence-electron chi connectivity index (χ2n) is 3.54. The Morgan fingerprint density at radius 2 is 2.14 bits per heavy atom. The number of Topliss-reactive ketones (excluding diaryl/α,β-unsaturated/α-hetero) is 1. The van der Waals surface area contributed by atoms with Crippen LogP contribution in [0.25, 0.3) is 0 Å². The van der Waals surface area contributed by atoms with Gasteiger partial charge in [-0.25, -0.2) is 0 Å². The van der Waals surface area contributed by atoms with Gasteiger partial charge in [0.15, 0.2) is 5.78 Å². The Labute approximate surface area is 83.8 Å². The van der Waals surface area contributed by atoms with Crippen molar-refractivity contribution in [2.75, 3.05) is 13.1 Å². The number of ketones is 1. The van der Waals surface area contributed by atoms with Crippen molar-refractivity contribution in [3.63, 3.8) is 0 Å². The van der Waals surface area contributed by atoms with E-state index in [9.17, 15) is 4.79 Å². The van der Waals surface area contributed by atoms with Gasteiger partial charge >= 0.3 is 0 Å². The Morgan fingerprint density at radius 1 is 1.36 bits per heavy atom. The smallest absolute Gasteiger partial charge is 0.177 e. The molecule has 0 N–H and O–H groups in total. The van der Waals surface area contributed by atoms with Gasteiger partial charge in [0.05, 0.1) is 6.54 Å². The van der Waals surface area contributed by atoms with Crippen LogP contribution in [-0.4, -0.2) is 23.8 Å². The molecule has 0 aliphatic carbocycles. The third kappa shape index (κ3) is 1.61. The molecule has 2 nitrogen and oxygen atoms in total. The highest BCUT2D eigenvalue weighted by molar-refractivity contribution is 5.99. The molecule has 0 saturated heterocycles. The van der Waals surface area contributed by atoms with Crippen LogP contribution in [0.2, 0.25) is 0 Å². The summed E-state index contributed by atoms with van der Waals surface area (Å²) in [4.78, 5) is 13.8. The first-order valence-electron chi connectivity index (χ1n) is 4.75. The van der Waals surface area contributed by atoms with Crippen LogP contribution >= 0.6 is 0 Å². The van der Waals surface area contributed by atoms with Crippen molar-refractivity contribution in [1.82, 2.24) is 4.90 Å². The zero-order chi connectivity index (χ0) is 9.97. The number of carbonyl (C=O) groups excluding carboxylic acids is 1. The molecule has 2 heteroatoms. The first-order valence-corrected chi connectivity index (χ1v) is 4.75. The second-order valence-corrected chi connectivity index (χ2v) is 3.54. The van der Waals surface area contributed by atoms with Crippen molar-refractivity contribution >= 4 is 5.78 Å². The van der Waals surface area contributed by atoms with Crippen LogP contribution in [0.3, 0.4) is 0 Å². The maximum absolute atomic E-state index is 11.7. The Balaban J connectivity index is 2.28. The molecule has 0 radical (unpaired) electrons. The van der Waals surface area contributed by atoms with E-state index in [0.29, 0.717) is 6.54 Å². The van der Waals surface area contributed by atoms with Crippen molar-refractivity contribution < 1.29 is 4.79 Å². The SMILES string of the molecule is C=CCN1CC(=O)c2ccccc2C1. The van der Waals surface area contributed by atoms with Crippen LogP contribution in [0.1, 0.15) is 15.9 Å². The zero-order valence-corrected chi connectivity index (χ0v) is 8.07. The molecule has 0 bridgehead atoms. The number of fused-ring (bicyclic) bond motifs is 1. The summed E-state index contributed by atoms with van der Waals surface area (Å²) in [5, 5.41) is 0. The summed E-state index contributed by atoms with van der Waals surface area (Å²) in [7, 11) is 0. The van der Waals surface area contributed by atoms with Gasteiger partial charge in [-0.2, -0.15) is 0 Å². The lowest BCUT2D eigenvalue weighted by Gasteiger charge is -2.26. The Kier molecular flexibility index (Phi) is 2.46. The molecule has 0 atom stereocenters. The van der Waals surface area contributed by atoms with Crippen LogP contribution in [0.5, 0.6) is 0 Å². The number of carbonyl (C=O) groups is 1. The lowest BCUT2D eigenvalue weighted by Crippen LogP contribution is -2.34. The molecular weight excluding hydrogens is 174 g/mol. The molecule has 0 fully saturated rings. The van der Waals surface area contributed by atoms with E-state index in [2.05, 4.69) is 11.5 Å². The minimum atomic E-state index is 0.216. The zero-order valence-electron chi connectivity index (χ0n) is 8.07. The summed E-state index contributed by atoms with van der Waals surface area (Å²) < 4.78 is 0. The highest BCUT2D eigenvalue weighted by atomic mass is 16.1. The van der Waals surface area contributed by atoms with E-state index < -0.39 is 0 Å². The quantitative estimate of drug-likeness (QED) is 0.659. The summed E-state index contributed by atoms with van der Waals surface area (Å²) in [6, 6.07) is 7.81. The summed E-state index contributed by atoms with van der Waals surface area (Å²) in [6.45, 7) is 5.83. The minimum absolute atomic E-state index is 0.216. The summed E-state index contributed by atoms with van der Waals surface area (Å²) >= 11 is 0. The standard InChI is InChI=1S/C12H13NO/c1-2-7-13-8-10-5-3-4-6-11(10)12(14)9-13/h2-6H,1,7-9H2. The highest BCUT2D eigenvalue weighted by Gasteiger charge is 2.21. The van der Waals surface area contributed by atoms with E-state index in [0.717, 1.165) is 24.2 Å². The van der Waals surface area contributed by atoms with Crippen LogP contribution in [0.4, 0.5) is 0 Å². The van der Waals surface area contributed by atoms with Crippen LogP contribution in [0.15, 0.2) is 36.9 Å². The summed E-state index contributed by atoms with van der Waals surface area (Å²) in [5.41, 5.74) is 2.01. The molecule has 72 valence electrons. The van der Waals surface area contributed by atoms with Gasteiger partial charge < -0.3 is 0 Å². The Morgan fingerprint density at radius 3 is 2.93 bits per heavy atom. The topological polar surface area (TPSA) is 20.3 Å². The molecule has 0 spiro atoms. The van der Waals surface area contributed by atoms with E-state index in [1.165, 1.54) is 0 Å². The largest absolute Gasteiger partial charge is 0.293 e. The Hall–Kier alpha value is -1.41. The van der Waals surface area contributed by atoms with Gasteiger partial charge in [0.1, 0.15) is 0 Å². The van der Waals surface area contributed by atoms with Crippen LogP contribution in [0, 0.1) is 0 Å². The molecule has 1 heterocycles. The van der Waals surface area contributed by atoms with Crippen molar-refractivity contribution in [3.05, 3.63) is 48.0 Å². The number of nitrogens with zero attached hydrogens (tertiary/aromatic N) is 1. The van der Waals surface area contributed by atoms with Crippen molar-refractivity contribution in [2.24, 2.45) is 0 Å². The molecule has 0 unspecified atom stereocenters. The molecular formula is C12H13NO.